The van der Waals surface area contributed by atoms with Gasteiger partial charge < -0.3 is 14.5 Å². The second kappa shape index (κ2) is 7.38. The van der Waals surface area contributed by atoms with Crippen molar-refractivity contribution >= 4 is 6.09 Å². The number of piperidine rings is 3. The Balaban J connectivity index is 1.41. The molecule has 1 N–H and O–H groups in total. The van der Waals surface area contributed by atoms with E-state index in [1.807, 2.05) is 37.7 Å². The fourth-order valence-corrected chi connectivity index (χ4v) is 4.47. The van der Waals surface area contributed by atoms with Crippen molar-refractivity contribution in [3.05, 3.63) is 30.2 Å². The van der Waals surface area contributed by atoms with Crippen LogP contribution in [0.3, 0.4) is 0 Å². The van der Waals surface area contributed by atoms with E-state index in [0.29, 0.717) is 24.5 Å². The third-order valence-corrected chi connectivity index (χ3v) is 5.76. The highest BCUT2D eigenvalue weighted by molar-refractivity contribution is 5.67. The van der Waals surface area contributed by atoms with Gasteiger partial charge >= 0.3 is 6.09 Å². The predicted molar refractivity (Wildman–Crippen MR) is 101 cm³/mol. The molecule has 27 heavy (non-hydrogen) atoms. The summed E-state index contributed by atoms with van der Waals surface area (Å²) in [6, 6.07) is 6.40. The standard InChI is InChI=1S/C20H28N4O3/c1-13(2)21-20(25)27-12-15-9-14-6-7-24(15)11-16(14)18-10-17(22-23(18)3)19-5-4-8-26-19/h4-5,8,10,13-16H,6-7,9,11-12H2,1-3H3,(H,21,25)/t14-,15+,16-/m0/s1. The summed E-state index contributed by atoms with van der Waals surface area (Å²) in [5, 5.41) is 7.43. The molecule has 0 aliphatic carbocycles. The molecule has 0 radical (unpaired) electrons. The van der Waals surface area contributed by atoms with Crippen LogP contribution in [0, 0.1) is 5.92 Å². The minimum Gasteiger partial charge on any atom is -0.463 e. The molecule has 2 aromatic rings. The highest BCUT2D eigenvalue weighted by atomic mass is 16.5. The lowest BCUT2D eigenvalue weighted by Crippen LogP contribution is -2.54. The number of hydrogen-bond acceptors (Lipinski definition) is 5. The van der Waals surface area contributed by atoms with E-state index in [-0.39, 0.29) is 12.1 Å². The maximum Gasteiger partial charge on any atom is 0.407 e. The van der Waals surface area contributed by atoms with E-state index in [1.54, 1.807) is 6.26 Å². The van der Waals surface area contributed by atoms with Crippen molar-refractivity contribution in [2.75, 3.05) is 19.7 Å². The third kappa shape index (κ3) is 3.74. The summed E-state index contributed by atoms with van der Waals surface area (Å²) in [6.45, 7) is 6.39. The molecule has 3 saturated heterocycles. The normalized spacial score (nSPS) is 27.1. The van der Waals surface area contributed by atoms with Crippen molar-refractivity contribution in [1.29, 1.82) is 0 Å². The molecule has 5 rings (SSSR count). The van der Waals surface area contributed by atoms with Gasteiger partial charge in [-0.1, -0.05) is 0 Å². The van der Waals surface area contributed by atoms with Gasteiger partial charge in [0.25, 0.3) is 0 Å². The quantitative estimate of drug-likeness (QED) is 0.873. The van der Waals surface area contributed by atoms with Gasteiger partial charge in [0.05, 0.1) is 6.26 Å². The molecular weight excluding hydrogens is 344 g/mol. The second-order valence-electron chi connectivity index (χ2n) is 7.99. The Hall–Kier alpha value is -2.28. The molecule has 0 saturated carbocycles. The van der Waals surface area contributed by atoms with E-state index in [9.17, 15) is 4.79 Å². The van der Waals surface area contributed by atoms with Crippen LogP contribution < -0.4 is 5.32 Å². The molecule has 3 aliphatic heterocycles. The minimum absolute atomic E-state index is 0.0955. The molecule has 3 fully saturated rings. The Bertz CT molecular complexity index is 783. The predicted octanol–water partition coefficient (Wildman–Crippen LogP) is 2.99. The number of carbonyl (C=O) groups is 1. The number of nitrogens with one attached hydrogen (secondary N) is 1. The van der Waals surface area contributed by atoms with E-state index in [2.05, 4.69) is 21.4 Å². The Morgan fingerprint density at radius 1 is 1.48 bits per heavy atom. The molecule has 5 heterocycles. The van der Waals surface area contributed by atoms with Crippen LogP contribution in [-0.4, -0.2) is 52.6 Å². The van der Waals surface area contributed by atoms with Crippen molar-refractivity contribution in [3.8, 4) is 11.5 Å². The molecular formula is C20H28N4O3. The Morgan fingerprint density at radius 3 is 3.00 bits per heavy atom. The zero-order valence-corrected chi connectivity index (χ0v) is 16.2. The molecule has 3 aliphatic rings. The first-order valence-electron chi connectivity index (χ1n) is 9.76. The molecule has 1 unspecified atom stereocenters. The largest absolute Gasteiger partial charge is 0.463 e. The Kier molecular flexibility index (Phi) is 4.95. The topological polar surface area (TPSA) is 72.5 Å². The molecule has 2 aromatic heterocycles. The number of rotatable bonds is 5. The second-order valence-corrected chi connectivity index (χ2v) is 7.99. The lowest BCUT2D eigenvalue weighted by molar-refractivity contribution is -0.00441. The highest BCUT2D eigenvalue weighted by Crippen LogP contribution is 2.42. The van der Waals surface area contributed by atoms with Gasteiger partial charge in [-0.2, -0.15) is 5.10 Å². The summed E-state index contributed by atoms with van der Waals surface area (Å²) in [5.41, 5.74) is 2.15. The number of alkyl carbamates (subject to hydrolysis) is 1. The monoisotopic (exact) mass is 372 g/mol. The van der Waals surface area contributed by atoms with Crippen LogP contribution in [0.1, 0.15) is 38.3 Å². The molecule has 7 heteroatoms. The van der Waals surface area contributed by atoms with Gasteiger partial charge in [0.2, 0.25) is 0 Å². The fraction of sp³-hybridized carbons (Fsp3) is 0.600. The van der Waals surface area contributed by atoms with Crippen LogP contribution in [0.2, 0.25) is 0 Å². The number of carbonyl (C=O) groups excluding carboxylic acids is 1. The molecule has 4 atom stereocenters. The number of amides is 1. The van der Waals surface area contributed by atoms with Gasteiger partial charge in [0.15, 0.2) is 5.76 Å². The number of fused-ring (bicyclic) bond motifs is 3. The van der Waals surface area contributed by atoms with Crippen molar-refractivity contribution < 1.29 is 13.9 Å². The number of hydrogen-bond donors (Lipinski definition) is 1. The van der Waals surface area contributed by atoms with E-state index < -0.39 is 0 Å². The van der Waals surface area contributed by atoms with Gasteiger partial charge in [0.1, 0.15) is 12.3 Å². The van der Waals surface area contributed by atoms with Gasteiger partial charge in [-0.05, 0) is 57.4 Å². The number of nitrogens with zero attached hydrogens (tertiary/aromatic N) is 3. The Labute approximate surface area is 159 Å². The summed E-state index contributed by atoms with van der Waals surface area (Å²) in [5.74, 6) is 1.86. The average molecular weight is 372 g/mol. The van der Waals surface area contributed by atoms with Crippen molar-refractivity contribution in [2.24, 2.45) is 13.0 Å². The maximum absolute atomic E-state index is 11.8. The van der Waals surface area contributed by atoms with Gasteiger partial charge in [-0.15, -0.1) is 0 Å². The Morgan fingerprint density at radius 2 is 2.33 bits per heavy atom. The van der Waals surface area contributed by atoms with Crippen LogP contribution in [0.5, 0.6) is 0 Å². The maximum atomic E-state index is 11.8. The molecule has 2 bridgehead atoms. The lowest BCUT2D eigenvalue weighted by Gasteiger charge is -2.49. The van der Waals surface area contributed by atoms with E-state index in [4.69, 9.17) is 9.15 Å². The first kappa shape index (κ1) is 18.1. The van der Waals surface area contributed by atoms with Crippen molar-refractivity contribution in [1.82, 2.24) is 20.0 Å². The number of aromatic nitrogens is 2. The molecule has 1 amide bonds. The molecule has 0 spiro atoms. The van der Waals surface area contributed by atoms with Crippen molar-refractivity contribution in [2.45, 2.75) is 44.7 Å². The number of aryl methyl sites for hydroxylation is 1. The zero-order valence-electron chi connectivity index (χ0n) is 16.2. The number of ether oxygens (including phenoxy) is 1. The minimum atomic E-state index is -0.320. The van der Waals surface area contributed by atoms with Crippen LogP contribution in [-0.2, 0) is 11.8 Å². The smallest absolute Gasteiger partial charge is 0.407 e. The first-order valence-corrected chi connectivity index (χ1v) is 9.76. The van der Waals surface area contributed by atoms with Gasteiger partial charge in [-0.3, -0.25) is 9.58 Å². The van der Waals surface area contributed by atoms with Crippen molar-refractivity contribution in [3.63, 3.8) is 0 Å². The average Bonchev–Trinajstić information content (AvgIpc) is 3.29. The van der Waals surface area contributed by atoms with E-state index >= 15 is 0 Å². The van der Waals surface area contributed by atoms with Gasteiger partial charge in [0, 0.05) is 37.3 Å². The van der Waals surface area contributed by atoms with Crippen LogP contribution >= 0.6 is 0 Å². The summed E-state index contributed by atoms with van der Waals surface area (Å²) < 4.78 is 12.9. The van der Waals surface area contributed by atoms with Crippen LogP contribution in [0.4, 0.5) is 4.79 Å². The van der Waals surface area contributed by atoms with Crippen LogP contribution in [0.15, 0.2) is 28.9 Å². The molecule has 146 valence electrons. The highest BCUT2D eigenvalue weighted by Gasteiger charge is 2.42. The summed E-state index contributed by atoms with van der Waals surface area (Å²) in [7, 11) is 2.01. The third-order valence-electron chi connectivity index (χ3n) is 5.76. The van der Waals surface area contributed by atoms with Crippen LogP contribution in [0.25, 0.3) is 11.5 Å². The lowest BCUT2D eigenvalue weighted by atomic mass is 9.74. The SMILES string of the molecule is CC(C)NC(=O)OC[C@H]1C[C@@H]2CCN1C[C@@H]2c1cc(-c2ccco2)nn1C. The van der Waals surface area contributed by atoms with Gasteiger partial charge in [-0.25, -0.2) is 4.79 Å². The molecule has 7 nitrogen and oxygen atoms in total. The van der Waals surface area contributed by atoms with E-state index in [1.165, 1.54) is 12.1 Å². The fourth-order valence-electron chi connectivity index (χ4n) is 4.47. The number of furan rings is 1. The summed E-state index contributed by atoms with van der Waals surface area (Å²) in [6.07, 6.45) is 3.60. The zero-order chi connectivity index (χ0) is 19.0. The molecule has 0 aromatic carbocycles. The first-order chi connectivity index (χ1) is 13.0. The van der Waals surface area contributed by atoms with E-state index in [0.717, 1.165) is 31.0 Å². The summed E-state index contributed by atoms with van der Waals surface area (Å²) in [4.78, 5) is 14.2. The summed E-state index contributed by atoms with van der Waals surface area (Å²) >= 11 is 0.